The fourth-order valence-corrected chi connectivity index (χ4v) is 2.55. The number of hydrogen-bond acceptors (Lipinski definition) is 5. The molecule has 132 valence electrons. The van der Waals surface area contributed by atoms with E-state index in [2.05, 4.69) is 5.32 Å². The van der Waals surface area contributed by atoms with Gasteiger partial charge < -0.3 is 14.8 Å². The number of rotatable bonds is 6. The maximum Gasteiger partial charge on any atom is 0.282 e. The van der Waals surface area contributed by atoms with Crippen LogP contribution in [0.25, 0.3) is 0 Å². The molecule has 2 rings (SSSR count). The lowest BCUT2D eigenvalue weighted by Gasteiger charge is -2.18. The van der Waals surface area contributed by atoms with Crippen molar-refractivity contribution in [3.8, 4) is 11.5 Å². The largest absolute Gasteiger partial charge is 0.497 e. The lowest BCUT2D eigenvalue weighted by molar-refractivity contribution is -0.385. The van der Waals surface area contributed by atoms with Crippen LogP contribution in [0.15, 0.2) is 36.4 Å². The van der Waals surface area contributed by atoms with Gasteiger partial charge in [-0.15, -0.1) is 0 Å². The number of hydrogen-bond donors (Lipinski definition) is 1. The second-order valence-corrected chi connectivity index (χ2v) is 5.66. The molecule has 0 aliphatic carbocycles. The Kier molecular flexibility index (Phi) is 5.82. The van der Waals surface area contributed by atoms with Gasteiger partial charge in [-0.3, -0.25) is 14.9 Å². The van der Waals surface area contributed by atoms with E-state index in [1.165, 1.54) is 32.4 Å². The molecule has 0 aromatic heterocycles. The number of nitro benzene ring substituents is 1. The Morgan fingerprint density at radius 2 is 1.92 bits per heavy atom. The highest BCUT2D eigenvalue weighted by molar-refractivity contribution is 6.31. The summed E-state index contributed by atoms with van der Waals surface area (Å²) >= 11 is 5.87. The first-order valence-corrected chi connectivity index (χ1v) is 7.72. The van der Waals surface area contributed by atoms with E-state index >= 15 is 0 Å². The zero-order chi connectivity index (χ0) is 18.6. The number of carbonyl (C=O) groups excluding carboxylic acids is 1. The van der Waals surface area contributed by atoms with Crippen molar-refractivity contribution >= 4 is 23.2 Å². The number of nitrogens with one attached hydrogen (secondary N) is 1. The number of carbonyl (C=O) groups is 1. The Morgan fingerprint density at radius 1 is 1.20 bits per heavy atom. The smallest absolute Gasteiger partial charge is 0.282 e. The zero-order valence-electron chi connectivity index (χ0n) is 13.9. The van der Waals surface area contributed by atoms with Crippen molar-refractivity contribution in [1.29, 1.82) is 0 Å². The van der Waals surface area contributed by atoms with Crippen molar-refractivity contribution in [3.63, 3.8) is 0 Å². The molecule has 0 aliphatic rings. The number of benzene rings is 2. The summed E-state index contributed by atoms with van der Waals surface area (Å²) in [7, 11) is 3.05. The second kappa shape index (κ2) is 7.85. The van der Waals surface area contributed by atoms with Crippen LogP contribution >= 0.6 is 11.6 Å². The molecule has 0 fully saturated rings. The number of nitrogens with zero attached hydrogens (tertiary/aromatic N) is 1. The van der Waals surface area contributed by atoms with E-state index < -0.39 is 16.9 Å². The molecule has 1 N–H and O–H groups in total. The summed E-state index contributed by atoms with van der Waals surface area (Å²) in [5, 5.41) is 14.1. The van der Waals surface area contributed by atoms with E-state index in [0.29, 0.717) is 17.1 Å². The summed E-state index contributed by atoms with van der Waals surface area (Å²) < 4.78 is 10.5. The molecule has 2 aromatic carbocycles. The molecule has 1 amide bonds. The first kappa shape index (κ1) is 18.5. The Bertz CT molecular complexity index is 810. The third-order valence-electron chi connectivity index (χ3n) is 3.65. The summed E-state index contributed by atoms with van der Waals surface area (Å²) in [5.41, 5.74) is 0.262. The monoisotopic (exact) mass is 364 g/mol. The summed E-state index contributed by atoms with van der Waals surface area (Å²) in [5.74, 6) is 0.561. The van der Waals surface area contributed by atoms with Crippen LogP contribution in [0.3, 0.4) is 0 Å². The van der Waals surface area contributed by atoms with Gasteiger partial charge in [0.15, 0.2) is 0 Å². The van der Waals surface area contributed by atoms with Gasteiger partial charge in [0.25, 0.3) is 11.6 Å². The lowest BCUT2D eigenvalue weighted by Crippen LogP contribution is -2.27. The second-order valence-electron chi connectivity index (χ2n) is 5.22. The lowest BCUT2D eigenvalue weighted by atomic mass is 10.1. The summed E-state index contributed by atoms with van der Waals surface area (Å²) in [6.07, 6.45) is 0. The standard InChI is InChI=1S/C17H17ClN2O5/c1-10(13-9-12(24-2)5-7-16(13)25-3)19-17(21)14-8-11(18)4-6-15(14)20(22)23/h4-10H,1-3H3,(H,19,21). The highest BCUT2D eigenvalue weighted by Gasteiger charge is 2.23. The number of halogens is 1. The van der Waals surface area contributed by atoms with Gasteiger partial charge in [-0.05, 0) is 37.3 Å². The van der Waals surface area contributed by atoms with Crippen LogP contribution in [0.1, 0.15) is 28.9 Å². The molecule has 0 heterocycles. The molecular weight excluding hydrogens is 348 g/mol. The average molecular weight is 365 g/mol. The molecule has 0 aliphatic heterocycles. The van der Waals surface area contributed by atoms with Gasteiger partial charge >= 0.3 is 0 Å². The van der Waals surface area contributed by atoms with E-state index in [-0.39, 0.29) is 16.3 Å². The Labute approximate surface area is 149 Å². The molecule has 0 saturated heterocycles. The van der Waals surface area contributed by atoms with Crippen molar-refractivity contribution in [2.24, 2.45) is 0 Å². The molecule has 0 saturated carbocycles. The quantitative estimate of drug-likeness (QED) is 0.622. The minimum absolute atomic E-state index is 0.105. The van der Waals surface area contributed by atoms with E-state index in [0.717, 1.165) is 0 Å². The molecule has 0 spiro atoms. The van der Waals surface area contributed by atoms with Crippen LogP contribution in [-0.2, 0) is 0 Å². The molecule has 1 unspecified atom stereocenters. The SMILES string of the molecule is COc1ccc(OC)c(C(C)NC(=O)c2cc(Cl)ccc2[N+](=O)[O-])c1. The first-order chi connectivity index (χ1) is 11.9. The van der Waals surface area contributed by atoms with Crippen molar-refractivity contribution in [2.75, 3.05) is 14.2 Å². The third kappa shape index (κ3) is 4.19. The summed E-state index contributed by atoms with van der Waals surface area (Å²) in [6.45, 7) is 1.74. The normalized spacial score (nSPS) is 11.5. The van der Waals surface area contributed by atoms with E-state index in [1.54, 1.807) is 25.1 Å². The van der Waals surface area contributed by atoms with Gasteiger partial charge in [0, 0.05) is 16.7 Å². The van der Waals surface area contributed by atoms with Crippen LogP contribution in [-0.4, -0.2) is 25.1 Å². The first-order valence-electron chi connectivity index (χ1n) is 7.34. The van der Waals surface area contributed by atoms with Gasteiger partial charge in [0.1, 0.15) is 17.1 Å². The maximum atomic E-state index is 12.5. The Morgan fingerprint density at radius 3 is 2.52 bits per heavy atom. The average Bonchev–Trinajstić information content (AvgIpc) is 2.60. The van der Waals surface area contributed by atoms with Gasteiger partial charge in [-0.2, -0.15) is 0 Å². The van der Waals surface area contributed by atoms with E-state index in [1.807, 2.05) is 0 Å². The molecule has 2 aromatic rings. The van der Waals surface area contributed by atoms with Crippen LogP contribution in [0.4, 0.5) is 5.69 Å². The molecule has 1 atom stereocenters. The maximum absolute atomic E-state index is 12.5. The van der Waals surface area contributed by atoms with Crippen LogP contribution < -0.4 is 14.8 Å². The predicted molar refractivity (Wildman–Crippen MR) is 93.5 cm³/mol. The minimum atomic E-state index is -0.623. The third-order valence-corrected chi connectivity index (χ3v) is 3.89. The Hall–Kier alpha value is -2.80. The fourth-order valence-electron chi connectivity index (χ4n) is 2.38. The van der Waals surface area contributed by atoms with Crippen LogP contribution in [0.2, 0.25) is 5.02 Å². The fraction of sp³-hybridized carbons (Fsp3) is 0.235. The van der Waals surface area contributed by atoms with Gasteiger partial charge in [-0.25, -0.2) is 0 Å². The summed E-state index contributed by atoms with van der Waals surface area (Å²) in [6, 6.07) is 8.55. The van der Waals surface area contributed by atoms with Crippen molar-refractivity contribution in [1.82, 2.24) is 5.32 Å². The van der Waals surface area contributed by atoms with Gasteiger partial charge in [0.2, 0.25) is 0 Å². The highest BCUT2D eigenvalue weighted by Crippen LogP contribution is 2.30. The van der Waals surface area contributed by atoms with Crippen LogP contribution in [0, 0.1) is 10.1 Å². The summed E-state index contributed by atoms with van der Waals surface area (Å²) in [4.78, 5) is 23.0. The topological polar surface area (TPSA) is 90.7 Å². The van der Waals surface area contributed by atoms with Gasteiger partial charge in [-0.1, -0.05) is 11.6 Å². The molecule has 25 heavy (non-hydrogen) atoms. The molecule has 8 heteroatoms. The number of methoxy groups -OCH3 is 2. The molecule has 7 nitrogen and oxygen atoms in total. The van der Waals surface area contributed by atoms with Gasteiger partial charge in [0.05, 0.1) is 25.2 Å². The number of amides is 1. The number of ether oxygens (including phenoxy) is 2. The van der Waals surface area contributed by atoms with Crippen LogP contribution in [0.5, 0.6) is 11.5 Å². The minimum Gasteiger partial charge on any atom is -0.497 e. The van der Waals surface area contributed by atoms with E-state index in [4.69, 9.17) is 21.1 Å². The van der Waals surface area contributed by atoms with Crippen molar-refractivity contribution in [2.45, 2.75) is 13.0 Å². The molecule has 0 radical (unpaired) electrons. The highest BCUT2D eigenvalue weighted by atomic mass is 35.5. The Balaban J connectivity index is 2.32. The van der Waals surface area contributed by atoms with E-state index in [9.17, 15) is 14.9 Å². The molecule has 0 bridgehead atoms. The zero-order valence-corrected chi connectivity index (χ0v) is 14.7. The van der Waals surface area contributed by atoms with Crippen molar-refractivity contribution < 1.29 is 19.2 Å². The number of nitro groups is 1. The van der Waals surface area contributed by atoms with Crippen molar-refractivity contribution in [3.05, 3.63) is 62.7 Å². The molecular formula is C17H17ClN2O5. The predicted octanol–water partition coefficient (Wildman–Crippen LogP) is 3.76.